The average molecular weight is 260 g/mol. The molecule has 1 atom stereocenters. The molecule has 2 heterocycles. The predicted molar refractivity (Wildman–Crippen MR) is 65.3 cm³/mol. The number of likely N-dealkylation sites (tertiary alicyclic amines) is 1. The summed E-state index contributed by atoms with van der Waals surface area (Å²) >= 11 is 1.31. The van der Waals surface area contributed by atoms with Crippen LogP contribution in [0, 0.1) is 6.92 Å². The van der Waals surface area contributed by atoms with E-state index in [1.165, 1.54) is 11.3 Å². The van der Waals surface area contributed by atoms with E-state index in [0.717, 1.165) is 24.4 Å². The van der Waals surface area contributed by atoms with Crippen molar-refractivity contribution < 1.29 is 8.42 Å². The Bertz CT molecular complexity index is 467. The van der Waals surface area contributed by atoms with Crippen molar-refractivity contribution in [3.8, 4) is 0 Å². The summed E-state index contributed by atoms with van der Waals surface area (Å²) in [7, 11) is -1.30. The lowest BCUT2D eigenvalue weighted by molar-refractivity contribution is 0.407. The number of hydrogen-bond donors (Lipinski definition) is 1. The monoisotopic (exact) mass is 260 g/mol. The Kier molecular flexibility index (Phi) is 3.34. The molecule has 16 heavy (non-hydrogen) atoms. The third-order valence-corrected chi connectivity index (χ3v) is 5.71. The number of sulfonamides is 1. The van der Waals surface area contributed by atoms with E-state index in [1.807, 2.05) is 20.0 Å². The molecule has 90 valence electrons. The van der Waals surface area contributed by atoms with Gasteiger partial charge in [-0.3, -0.25) is 0 Å². The molecule has 4 nitrogen and oxygen atoms in total. The second kappa shape index (κ2) is 4.44. The Morgan fingerprint density at radius 1 is 1.50 bits per heavy atom. The molecular formula is C10H16N2O2S2. The van der Waals surface area contributed by atoms with Gasteiger partial charge in [-0.2, -0.15) is 0 Å². The molecule has 1 unspecified atom stereocenters. The summed E-state index contributed by atoms with van der Waals surface area (Å²) < 4.78 is 27.2. The maximum absolute atomic E-state index is 12.0. The molecule has 0 radical (unpaired) electrons. The smallest absolute Gasteiger partial charge is 0.250 e. The zero-order valence-corrected chi connectivity index (χ0v) is 11.1. The Balaban J connectivity index is 2.09. The van der Waals surface area contributed by atoms with Crippen LogP contribution in [-0.4, -0.2) is 39.5 Å². The van der Waals surface area contributed by atoms with E-state index in [-0.39, 0.29) is 6.04 Å². The molecule has 0 aliphatic carbocycles. The number of likely N-dealkylation sites (N-methyl/N-ethyl adjacent to an activating group) is 1. The summed E-state index contributed by atoms with van der Waals surface area (Å²) in [5, 5.41) is 0. The summed E-state index contributed by atoms with van der Waals surface area (Å²) in [6, 6.07) is 3.55. The Morgan fingerprint density at radius 3 is 2.75 bits per heavy atom. The average Bonchev–Trinajstić information content (AvgIpc) is 2.75. The van der Waals surface area contributed by atoms with E-state index in [1.54, 1.807) is 6.07 Å². The quantitative estimate of drug-likeness (QED) is 0.883. The molecule has 6 heteroatoms. The molecule has 1 fully saturated rings. The molecule has 2 rings (SSSR count). The first-order valence-corrected chi connectivity index (χ1v) is 7.55. The topological polar surface area (TPSA) is 49.4 Å². The van der Waals surface area contributed by atoms with E-state index in [9.17, 15) is 8.42 Å². The molecule has 1 aliphatic heterocycles. The van der Waals surface area contributed by atoms with E-state index in [2.05, 4.69) is 9.62 Å². The van der Waals surface area contributed by atoms with Gasteiger partial charge in [0, 0.05) is 17.5 Å². The molecule has 1 aliphatic rings. The summed E-state index contributed by atoms with van der Waals surface area (Å²) in [5.74, 6) is 0. The van der Waals surface area contributed by atoms with Crippen molar-refractivity contribution >= 4 is 21.4 Å². The van der Waals surface area contributed by atoms with Gasteiger partial charge in [-0.25, -0.2) is 13.1 Å². The molecule has 0 saturated carbocycles. The van der Waals surface area contributed by atoms with Gasteiger partial charge in [-0.15, -0.1) is 11.3 Å². The van der Waals surface area contributed by atoms with Gasteiger partial charge < -0.3 is 4.90 Å². The van der Waals surface area contributed by atoms with Gasteiger partial charge in [0.05, 0.1) is 0 Å². The number of nitrogens with zero attached hydrogens (tertiary/aromatic N) is 1. The molecule has 0 bridgehead atoms. The Labute approximate surface area is 100 Å². The molecule has 1 aromatic rings. The fraction of sp³-hybridized carbons (Fsp3) is 0.600. The third kappa shape index (κ3) is 2.63. The van der Waals surface area contributed by atoms with Crippen LogP contribution in [0.15, 0.2) is 16.3 Å². The molecule has 1 saturated heterocycles. The van der Waals surface area contributed by atoms with Gasteiger partial charge in [0.25, 0.3) is 0 Å². The minimum absolute atomic E-state index is 0.0532. The van der Waals surface area contributed by atoms with E-state index in [4.69, 9.17) is 0 Å². The lowest BCUT2D eigenvalue weighted by Gasteiger charge is -2.12. The van der Waals surface area contributed by atoms with Crippen molar-refractivity contribution in [1.29, 1.82) is 0 Å². The lowest BCUT2D eigenvalue weighted by atomic mass is 10.3. The molecule has 1 aromatic heterocycles. The van der Waals surface area contributed by atoms with Crippen molar-refractivity contribution in [3.63, 3.8) is 0 Å². The van der Waals surface area contributed by atoms with E-state index >= 15 is 0 Å². The van der Waals surface area contributed by atoms with Gasteiger partial charge in [-0.05, 0) is 39.1 Å². The maximum Gasteiger partial charge on any atom is 0.250 e. The Morgan fingerprint density at radius 2 is 2.25 bits per heavy atom. The van der Waals surface area contributed by atoms with Crippen LogP contribution in [-0.2, 0) is 10.0 Å². The van der Waals surface area contributed by atoms with Gasteiger partial charge in [-0.1, -0.05) is 0 Å². The fourth-order valence-electron chi connectivity index (χ4n) is 1.87. The first-order valence-electron chi connectivity index (χ1n) is 5.25. The number of rotatable bonds is 3. The highest BCUT2D eigenvalue weighted by Gasteiger charge is 2.26. The summed E-state index contributed by atoms with van der Waals surface area (Å²) in [6.45, 7) is 3.66. The van der Waals surface area contributed by atoms with Crippen LogP contribution in [0.25, 0.3) is 0 Å². The SMILES string of the molecule is Cc1ccc(S(=O)(=O)NC2CCN(C)C2)s1. The number of thiophene rings is 1. The molecule has 0 aromatic carbocycles. The van der Waals surface area contributed by atoms with E-state index < -0.39 is 10.0 Å². The summed E-state index contributed by atoms with van der Waals surface area (Å²) in [4.78, 5) is 3.15. The number of hydrogen-bond acceptors (Lipinski definition) is 4. The molecule has 0 amide bonds. The largest absolute Gasteiger partial charge is 0.305 e. The number of aryl methyl sites for hydroxylation is 1. The van der Waals surface area contributed by atoms with Crippen LogP contribution >= 0.6 is 11.3 Å². The minimum Gasteiger partial charge on any atom is -0.305 e. The standard InChI is InChI=1S/C10H16N2O2S2/c1-8-3-4-10(15-8)16(13,14)11-9-5-6-12(2)7-9/h3-4,9,11H,5-7H2,1-2H3. The molecule has 0 spiro atoms. The van der Waals surface area contributed by atoms with Gasteiger partial charge in [0.15, 0.2) is 0 Å². The van der Waals surface area contributed by atoms with E-state index in [0.29, 0.717) is 4.21 Å². The number of nitrogens with one attached hydrogen (secondary N) is 1. The summed E-state index contributed by atoms with van der Waals surface area (Å²) in [6.07, 6.45) is 0.889. The predicted octanol–water partition coefficient (Wildman–Crippen LogP) is 1.04. The van der Waals surface area contributed by atoms with Crippen LogP contribution in [0.4, 0.5) is 0 Å². The Hall–Kier alpha value is -0.430. The van der Waals surface area contributed by atoms with Crippen LogP contribution in [0.3, 0.4) is 0 Å². The van der Waals surface area contributed by atoms with Crippen LogP contribution in [0.1, 0.15) is 11.3 Å². The fourth-order valence-corrected chi connectivity index (χ4v) is 4.43. The zero-order valence-electron chi connectivity index (χ0n) is 9.43. The highest BCUT2D eigenvalue weighted by atomic mass is 32.2. The third-order valence-electron chi connectivity index (χ3n) is 2.69. The van der Waals surface area contributed by atoms with Gasteiger partial charge in [0.1, 0.15) is 4.21 Å². The second-order valence-electron chi connectivity index (χ2n) is 4.23. The van der Waals surface area contributed by atoms with Crippen molar-refractivity contribution in [1.82, 2.24) is 9.62 Å². The van der Waals surface area contributed by atoms with Crippen molar-refractivity contribution in [2.75, 3.05) is 20.1 Å². The van der Waals surface area contributed by atoms with Gasteiger partial charge in [0.2, 0.25) is 10.0 Å². The highest BCUT2D eigenvalue weighted by Crippen LogP contribution is 2.21. The second-order valence-corrected chi connectivity index (χ2v) is 7.46. The van der Waals surface area contributed by atoms with Crippen molar-refractivity contribution in [2.24, 2.45) is 0 Å². The first-order chi connectivity index (χ1) is 7.47. The van der Waals surface area contributed by atoms with Crippen LogP contribution < -0.4 is 4.72 Å². The van der Waals surface area contributed by atoms with Crippen molar-refractivity contribution in [2.45, 2.75) is 23.6 Å². The van der Waals surface area contributed by atoms with Crippen LogP contribution in [0.2, 0.25) is 0 Å². The lowest BCUT2D eigenvalue weighted by Crippen LogP contribution is -2.36. The zero-order chi connectivity index (χ0) is 11.8. The highest BCUT2D eigenvalue weighted by molar-refractivity contribution is 7.91. The van der Waals surface area contributed by atoms with Gasteiger partial charge >= 0.3 is 0 Å². The maximum atomic E-state index is 12.0. The molecule has 1 N–H and O–H groups in total. The first kappa shape index (κ1) is 12.0. The normalized spacial score (nSPS) is 22.8. The molecular weight excluding hydrogens is 244 g/mol. The van der Waals surface area contributed by atoms with Crippen LogP contribution in [0.5, 0.6) is 0 Å². The minimum atomic E-state index is -3.30. The summed E-state index contributed by atoms with van der Waals surface area (Å²) in [5.41, 5.74) is 0. The van der Waals surface area contributed by atoms with Crippen molar-refractivity contribution in [3.05, 3.63) is 17.0 Å².